The molecule has 1 atom stereocenters. The van der Waals surface area contributed by atoms with E-state index in [1.54, 1.807) is 0 Å². The molecule has 114 valence electrons. The van der Waals surface area contributed by atoms with Crippen LogP contribution in [0.15, 0.2) is 18.2 Å². The van der Waals surface area contributed by atoms with Crippen molar-refractivity contribution in [3.05, 3.63) is 28.8 Å². The molecule has 0 unspecified atom stereocenters. The smallest absolute Gasteiger partial charge is 0.428 e. The maximum atomic E-state index is 13.7. The van der Waals surface area contributed by atoms with E-state index < -0.39 is 17.9 Å². The Bertz CT molecular complexity index is 586. The van der Waals surface area contributed by atoms with Crippen molar-refractivity contribution in [2.24, 2.45) is 5.92 Å². The molecule has 1 heterocycles. The van der Waals surface area contributed by atoms with Gasteiger partial charge in [-0.2, -0.15) is 13.2 Å². The number of fused-ring (bicyclic) bond motifs is 1. The van der Waals surface area contributed by atoms with Gasteiger partial charge in [0.05, 0.1) is 5.69 Å². The van der Waals surface area contributed by atoms with E-state index >= 15 is 0 Å². The summed E-state index contributed by atoms with van der Waals surface area (Å²) in [4.78, 5) is 11.6. The quantitative estimate of drug-likeness (QED) is 0.865. The average molecular weight is 320 g/mol. The average Bonchev–Trinajstić information content (AvgIpc) is 3.19. The third-order valence-corrected chi connectivity index (χ3v) is 4.21. The number of cyclic esters (lactones) is 1. The zero-order chi connectivity index (χ0) is 15.3. The Morgan fingerprint density at radius 2 is 2.10 bits per heavy atom. The molecule has 0 saturated heterocycles. The molecule has 7 heteroatoms. The van der Waals surface area contributed by atoms with Crippen LogP contribution >= 0.6 is 11.6 Å². The van der Waals surface area contributed by atoms with Crippen molar-refractivity contribution in [3.63, 3.8) is 0 Å². The van der Waals surface area contributed by atoms with Crippen LogP contribution in [-0.4, -0.2) is 12.3 Å². The van der Waals surface area contributed by atoms with Crippen LogP contribution < -0.4 is 5.32 Å². The zero-order valence-corrected chi connectivity index (χ0v) is 11.7. The van der Waals surface area contributed by atoms with Gasteiger partial charge in [0, 0.05) is 17.0 Å². The molecule has 1 saturated carbocycles. The first-order chi connectivity index (χ1) is 9.82. The number of benzene rings is 1. The monoisotopic (exact) mass is 319 g/mol. The number of amides is 1. The van der Waals surface area contributed by atoms with Gasteiger partial charge in [-0.15, -0.1) is 0 Å². The lowest BCUT2D eigenvalue weighted by Crippen LogP contribution is -2.50. The molecule has 0 bridgehead atoms. The molecule has 21 heavy (non-hydrogen) atoms. The number of anilines is 1. The van der Waals surface area contributed by atoms with Crippen molar-refractivity contribution < 1.29 is 22.7 Å². The molecule has 3 rings (SSSR count). The number of hydrogen-bond donors (Lipinski definition) is 1. The lowest BCUT2D eigenvalue weighted by molar-refractivity contribution is -0.267. The summed E-state index contributed by atoms with van der Waals surface area (Å²) in [7, 11) is 0. The van der Waals surface area contributed by atoms with Gasteiger partial charge in [-0.1, -0.05) is 24.4 Å². The highest BCUT2D eigenvalue weighted by molar-refractivity contribution is 6.30. The predicted molar refractivity (Wildman–Crippen MR) is 71.2 cm³/mol. The van der Waals surface area contributed by atoms with Gasteiger partial charge in [0.25, 0.3) is 0 Å². The van der Waals surface area contributed by atoms with Crippen LogP contribution in [-0.2, 0) is 10.3 Å². The highest BCUT2D eigenvalue weighted by Crippen LogP contribution is 2.52. The van der Waals surface area contributed by atoms with Crippen molar-refractivity contribution in [2.75, 3.05) is 5.32 Å². The van der Waals surface area contributed by atoms with Crippen molar-refractivity contribution in [2.45, 2.75) is 37.5 Å². The van der Waals surface area contributed by atoms with Crippen LogP contribution in [0.3, 0.4) is 0 Å². The number of rotatable bonds is 3. The fraction of sp³-hybridized carbons (Fsp3) is 0.500. The molecule has 2 aliphatic rings. The maximum absolute atomic E-state index is 13.7. The van der Waals surface area contributed by atoms with Gasteiger partial charge in [-0.05, 0) is 30.5 Å². The lowest BCUT2D eigenvalue weighted by atomic mass is 9.85. The highest BCUT2D eigenvalue weighted by Gasteiger charge is 2.62. The molecule has 1 aliphatic carbocycles. The molecule has 1 fully saturated rings. The first-order valence-corrected chi connectivity index (χ1v) is 7.06. The molecule has 0 radical (unpaired) electrons. The summed E-state index contributed by atoms with van der Waals surface area (Å²) in [5.74, 6) is 0.292. The summed E-state index contributed by atoms with van der Waals surface area (Å²) in [5.41, 5.74) is -2.63. The van der Waals surface area contributed by atoms with Crippen LogP contribution in [0.1, 0.15) is 31.2 Å². The van der Waals surface area contributed by atoms with E-state index in [0.29, 0.717) is 12.3 Å². The minimum absolute atomic E-state index is 0.101. The van der Waals surface area contributed by atoms with E-state index in [1.165, 1.54) is 18.2 Å². The summed E-state index contributed by atoms with van der Waals surface area (Å²) >= 11 is 5.83. The topological polar surface area (TPSA) is 38.3 Å². The maximum Gasteiger partial charge on any atom is 0.432 e. The van der Waals surface area contributed by atoms with Crippen LogP contribution in [0, 0.1) is 5.92 Å². The molecule has 1 N–H and O–H groups in total. The molecule has 1 aromatic rings. The standard InChI is InChI=1S/C14H13ClF3NO2/c15-9-3-4-11-10(7-9)13(14(16,17)18,21-12(20)19-11)6-5-8-1-2-8/h3-4,7-8H,1-2,5-6H2,(H,19,20)/t13-/m0/s1. The van der Waals surface area contributed by atoms with E-state index in [1.807, 2.05) is 0 Å². The Hall–Kier alpha value is -1.43. The molecule has 0 aromatic heterocycles. The summed E-state index contributed by atoms with van der Waals surface area (Å²) in [5, 5.41) is 2.47. The SMILES string of the molecule is O=C1Nc2ccc(Cl)cc2[C@@](CCC2CC2)(C(F)(F)F)O1. The molecule has 3 nitrogen and oxygen atoms in total. The normalized spacial score (nSPS) is 25.0. The van der Waals surface area contributed by atoms with Crippen LogP contribution in [0.25, 0.3) is 0 Å². The number of carbonyl (C=O) groups excluding carboxylic acids is 1. The largest absolute Gasteiger partial charge is 0.432 e. The number of hydrogen-bond acceptors (Lipinski definition) is 2. The van der Waals surface area contributed by atoms with Crippen molar-refractivity contribution >= 4 is 23.4 Å². The highest BCUT2D eigenvalue weighted by atomic mass is 35.5. The molecule has 1 amide bonds. The molecular weight excluding hydrogens is 307 g/mol. The van der Waals surface area contributed by atoms with E-state index in [4.69, 9.17) is 16.3 Å². The van der Waals surface area contributed by atoms with Gasteiger partial charge >= 0.3 is 12.3 Å². The summed E-state index contributed by atoms with van der Waals surface area (Å²) in [6.45, 7) is 0. The minimum Gasteiger partial charge on any atom is -0.428 e. The number of halogens is 4. The van der Waals surface area contributed by atoms with Gasteiger partial charge in [0.1, 0.15) is 0 Å². The minimum atomic E-state index is -4.70. The van der Waals surface area contributed by atoms with Gasteiger partial charge in [0.2, 0.25) is 5.60 Å². The van der Waals surface area contributed by atoms with E-state index in [-0.39, 0.29) is 22.7 Å². The van der Waals surface area contributed by atoms with Gasteiger partial charge in [-0.3, -0.25) is 5.32 Å². The third kappa shape index (κ3) is 2.57. The predicted octanol–water partition coefficient (Wildman–Crippen LogP) is 4.85. The zero-order valence-electron chi connectivity index (χ0n) is 11.0. The van der Waals surface area contributed by atoms with Crippen LogP contribution in [0.4, 0.5) is 23.7 Å². The molecular formula is C14H13ClF3NO2. The Kier molecular flexibility index (Phi) is 3.31. The van der Waals surface area contributed by atoms with Crippen molar-refractivity contribution in [1.29, 1.82) is 0 Å². The Balaban J connectivity index is 2.09. The van der Waals surface area contributed by atoms with Gasteiger partial charge < -0.3 is 4.74 Å². The van der Waals surface area contributed by atoms with E-state index in [2.05, 4.69) is 5.32 Å². The number of ether oxygens (including phenoxy) is 1. The fourth-order valence-electron chi connectivity index (χ4n) is 2.66. The lowest BCUT2D eigenvalue weighted by Gasteiger charge is -2.39. The molecule has 1 aromatic carbocycles. The fourth-order valence-corrected chi connectivity index (χ4v) is 2.83. The van der Waals surface area contributed by atoms with Crippen molar-refractivity contribution in [3.8, 4) is 0 Å². The van der Waals surface area contributed by atoms with Gasteiger partial charge in [-0.25, -0.2) is 4.79 Å². The second-order valence-electron chi connectivity index (χ2n) is 5.51. The summed E-state index contributed by atoms with van der Waals surface area (Å²) < 4.78 is 45.9. The Labute approximate surface area is 124 Å². The number of carbonyl (C=O) groups is 1. The Morgan fingerprint density at radius 1 is 1.38 bits per heavy atom. The summed E-state index contributed by atoms with van der Waals surface area (Å²) in [6.07, 6.45) is -3.82. The first kappa shape index (κ1) is 14.5. The van der Waals surface area contributed by atoms with Crippen molar-refractivity contribution in [1.82, 2.24) is 0 Å². The summed E-state index contributed by atoms with van der Waals surface area (Å²) in [6, 6.07) is 4.03. The van der Waals surface area contributed by atoms with Gasteiger partial charge in [0.15, 0.2) is 0 Å². The number of alkyl halides is 3. The van der Waals surface area contributed by atoms with E-state index in [9.17, 15) is 18.0 Å². The molecule has 0 spiro atoms. The second-order valence-corrected chi connectivity index (χ2v) is 5.95. The molecule has 1 aliphatic heterocycles. The second kappa shape index (κ2) is 4.80. The first-order valence-electron chi connectivity index (χ1n) is 6.68. The number of nitrogens with one attached hydrogen (secondary N) is 1. The van der Waals surface area contributed by atoms with Crippen LogP contribution in [0.2, 0.25) is 5.02 Å². The third-order valence-electron chi connectivity index (χ3n) is 3.98. The van der Waals surface area contributed by atoms with Crippen LogP contribution in [0.5, 0.6) is 0 Å². The Morgan fingerprint density at radius 3 is 2.71 bits per heavy atom. The van der Waals surface area contributed by atoms with E-state index in [0.717, 1.165) is 12.8 Å².